The van der Waals surface area contributed by atoms with Crippen molar-refractivity contribution in [2.75, 3.05) is 19.8 Å². The normalized spacial score (nSPS) is 11.1. The Hall–Kier alpha value is -1.59. The van der Waals surface area contributed by atoms with Crippen LogP contribution in [0.4, 0.5) is 0 Å². The maximum absolute atomic E-state index is 12.3. The number of carbonyl (C=O) groups excluding carboxylic acids is 3. The van der Waals surface area contributed by atoms with Crippen LogP contribution in [-0.4, -0.2) is 37.7 Å². The third-order valence-corrected chi connectivity index (χ3v) is 7.39. The molecule has 0 saturated heterocycles. The van der Waals surface area contributed by atoms with Gasteiger partial charge in [-0.05, 0) is 19.3 Å². The summed E-state index contributed by atoms with van der Waals surface area (Å²) >= 11 is 0. The maximum Gasteiger partial charge on any atom is 0.305 e. The SMILES string of the molecule is CCCCCCCCCC(=O)OCC(COC(=O)CCCCCCCCC)COC(=O)CCCCCCCCC. The Labute approximate surface area is 247 Å². The van der Waals surface area contributed by atoms with Gasteiger partial charge in [0.25, 0.3) is 0 Å². The second kappa shape index (κ2) is 30.4. The van der Waals surface area contributed by atoms with Gasteiger partial charge in [-0.25, -0.2) is 0 Å². The first-order valence-electron chi connectivity index (χ1n) is 17.0. The Balaban J connectivity index is 4.34. The molecule has 0 heterocycles. The summed E-state index contributed by atoms with van der Waals surface area (Å²) in [6.07, 6.45) is 25.2. The first-order chi connectivity index (χ1) is 19.5. The number of carbonyl (C=O) groups is 3. The van der Waals surface area contributed by atoms with Crippen LogP contribution in [-0.2, 0) is 28.6 Å². The van der Waals surface area contributed by atoms with Crippen LogP contribution in [0.5, 0.6) is 0 Å². The standard InChI is InChI=1S/C34H64O6/c1-4-7-10-13-16-19-22-25-32(35)38-28-31(29-39-33(36)26-23-20-17-14-11-8-5-2)30-40-34(37)27-24-21-18-15-12-9-6-3/h31H,4-30H2,1-3H3. The van der Waals surface area contributed by atoms with Gasteiger partial charge in [0, 0.05) is 19.3 Å². The highest BCUT2D eigenvalue weighted by Crippen LogP contribution is 2.13. The Bertz CT molecular complexity index is 510. The van der Waals surface area contributed by atoms with Crippen LogP contribution < -0.4 is 0 Å². The molecule has 0 aliphatic heterocycles. The maximum atomic E-state index is 12.3. The van der Waals surface area contributed by atoms with Crippen molar-refractivity contribution in [2.45, 2.75) is 175 Å². The molecular weight excluding hydrogens is 504 g/mol. The molecule has 0 bridgehead atoms. The molecule has 236 valence electrons. The quantitative estimate of drug-likeness (QED) is 0.0487. The molecule has 6 nitrogen and oxygen atoms in total. The lowest BCUT2D eigenvalue weighted by Crippen LogP contribution is -2.26. The van der Waals surface area contributed by atoms with Crippen molar-refractivity contribution in [2.24, 2.45) is 5.92 Å². The second-order valence-corrected chi connectivity index (χ2v) is 11.5. The van der Waals surface area contributed by atoms with Gasteiger partial charge in [0.15, 0.2) is 0 Å². The molecule has 0 fully saturated rings. The van der Waals surface area contributed by atoms with Crippen LogP contribution in [0.1, 0.15) is 175 Å². The summed E-state index contributed by atoms with van der Waals surface area (Å²) in [7, 11) is 0. The Morgan fingerprint density at radius 1 is 0.375 bits per heavy atom. The Morgan fingerprint density at radius 3 is 0.850 bits per heavy atom. The van der Waals surface area contributed by atoms with E-state index < -0.39 is 0 Å². The summed E-state index contributed by atoms with van der Waals surface area (Å²) in [6, 6.07) is 0. The van der Waals surface area contributed by atoms with Gasteiger partial charge in [-0.3, -0.25) is 14.4 Å². The van der Waals surface area contributed by atoms with Gasteiger partial charge >= 0.3 is 17.9 Å². The number of unbranched alkanes of at least 4 members (excludes halogenated alkanes) is 18. The van der Waals surface area contributed by atoms with Crippen LogP contribution in [0.2, 0.25) is 0 Å². The van der Waals surface area contributed by atoms with E-state index in [1.54, 1.807) is 0 Å². The fourth-order valence-electron chi connectivity index (χ4n) is 4.67. The van der Waals surface area contributed by atoms with Gasteiger partial charge in [-0.1, -0.05) is 136 Å². The predicted octanol–water partition coefficient (Wildman–Crippen LogP) is 9.65. The Kier molecular flexibility index (Phi) is 29.2. The summed E-state index contributed by atoms with van der Waals surface area (Å²) in [5, 5.41) is 0. The van der Waals surface area contributed by atoms with Gasteiger partial charge in [-0.15, -0.1) is 0 Å². The van der Waals surface area contributed by atoms with Gasteiger partial charge in [0.05, 0.1) is 5.92 Å². The third-order valence-electron chi connectivity index (χ3n) is 7.39. The van der Waals surface area contributed by atoms with Gasteiger partial charge < -0.3 is 14.2 Å². The van der Waals surface area contributed by atoms with Crippen molar-refractivity contribution < 1.29 is 28.6 Å². The summed E-state index contributed by atoms with van der Waals surface area (Å²) in [6.45, 7) is 6.93. The minimum Gasteiger partial charge on any atom is -0.465 e. The minimum atomic E-state index is -0.339. The van der Waals surface area contributed by atoms with E-state index in [1.165, 1.54) is 77.0 Å². The molecule has 0 aromatic carbocycles. The number of hydrogen-bond donors (Lipinski definition) is 0. The lowest BCUT2D eigenvalue weighted by atomic mass is 10.1. The molecule has 0 saturated carbocycles. The van der Waals surface area contributed by atoms with Crippen molar-refractivity contribution in [1.29, 1.82) is 0 Å². The van der Waals surface area contributed by atoms with E-state index >= 15 is 0 Å². The molecule has 0 radical (unpaired) electrons. The highest BCUT2D eigenvalue weighted by Gasteiger charge is 2.17. The molecule has 0 aromatic heterocycles. The molecule has 0 spiro atoms. The summed E-state index contributed by atoms with van der Waals surface area (Å²) in [5.74, 6) is -1.04. The number of esters is 3. The zero-order chi connectivity index (χ0) is 29.5. The Morgan fingerprint density at radius 2 is 0.600 bits per heavy atom. The summed E-state index contributed by atoms with van der Waals surface area (Å²) < 4.78 is 16.4. The van der Waals surface area contributed by atoms with Crippen molar-refractivity contribution >= 4 is 17.9 Å². The molecule has 6 heteroatoms. The molecular formula is C34H64O6. The van der Waals surface area contributed by atoms with Crippen LogP contribution in [0.25, 0.3) is 0 Å². The van der Waals surface area contributed by atoms with Crippen LogP contribution in [0.15, 0.2) is 0 Å². The zero-order valence-corrected chi connectivity index (χ0v) is 26.6. The fraction of sp³-hybridized carbons (Fsp3) is 0.912. The van der Waals surface area contributed by atoms with Gasteiger partial charge in [0.1, 0.15) is 19.8 Å². The molecule has 0 atom stereocenters. The molecule has 0 aromatic rings. The van der Waals surface area contributed by atoms with Crippen LogP contribution >= 0.6 is 0 Å². The van der Waals surface area contributed by atoms with Crippen LogP contribution in [0, 0.1) is 5.92 Å². The van der Waals surface area contributed by atoms with Crippen molar-refractivity contribution in [3.8, 4) is 0 Å². The average molecular weight is 569 g/mol. The molecule has 0 amide bonds. The third kappa shape index (κ3) is 28.0. The highest BCUT2D eigenvalue weighted by atomic mass is 16.6. The summed E-state index contributed by atoms with van der Waals surface area (Å²) in [5.41, 5.74) is 0. The number of hydrogen-bond acceptors (Lipinski definition) is 6. The average Bonchev–Trinajstić information content (AvgIpc) is 2.95. The number of ether oxygens (including phenoxy) is 3. The van der Waals surface area contributed by atoms with E-state index in [9.17, 15) is 14.4 Å². The molecule has 0 aliphatic rings. The molecule has 40 heavy (non-hydrogen) atoms. The topological polar surface area (TPSA) is 78.9 Å². The molecule has 0 N–H and O–H groups in total. The van der Waals surface area contributed by atoms with E-state index in [2.05, 4.69) is 20.8 Å². The lowest BCUT2D eigenvalue weighted by molar-refractivity contribution is -0.153. The fourth-order valence-corrected chi connectivity index (χ4v) is 4.67. The van der Waals surface area contributed by atoms with Crippen LogP contribution in [0.3, 0.4) is 0 Å². The van der Waals surface area contributed by atoms with E-state index in [-0.39, 0.29) is 43.6 Å². The predicted molar refractivity (Wildman–Crippen MR) is 164 cm³/mol. The smallest absolute Gasteiger partial charge is 0.305 e. The largest absolute Gasteiger partial charge is 0.465 e. The monoisotopic (exact) mass is 568 g/mol. The zero-order valence-electron chi connectivity index (χ0n) is 26.6. The molecule has 0 rings (SSSR count). The van der Waals surface area contributed by atoms with Crippen molar-refractivity contribution in [3.05, 3.63) is 0 Å². The van der Waals surface area contributed by atoms with E-state index in [0.717, 1.165) is 57.8 Å². The molecule has 0 unspecified atom stereocenters. The van der Waals surface area contributed by atoms with Crippen molar-refractivity contribution in [3.63, 3.8) is 0 Å². The highest BCUT2D eigenvalue weighted by molar-refractivity contribution is 5.70. The molecule has 0 aliphatic carbocycles. The minimum absolute atomic E-state index is 0.102. The number of rotatable bonds is 30. The summed E-state index contributed by atoms with van der Waals surface area (Å²) in [4.78, 5) is 36.8. The first-order valence-corrected chi connectivity index (χ1v) is 17.0. The van der Waals surface area contributed by atoms with E-state index in [1.807, 2.05) is 0 Å². The van der Waals surface area contributed by atoms with Gasteiger partial charge in [0.2, 0.25) is 0 Å². The van der Waals surface area contributed by atoms with Gasteiger partial charge in [-0.2, -0.15) is 0 Å². The second-order valence-electron chi connectivity index (χ2n) is 11.5. The van der Waals surface area contributed by atoms with E-state index in [4.69, 9.17) is 14.2 Å². The first kappa shape index (κ1) is 38.4. The van der Waals surface area contributed by atoms with E-state index in [0.29, 0.717) is 19.3 Å². The lowest BCUT2D eigenvalue weighted by Gasteiger charge is -2.17. The van der Waals surface area contributed by atoms with Crippen molar-refractivity contribution in [1.82, 2.24) is 0 Å².